The van der Waals surface area contributed by atoms with E-state index < -0.39 is 12.0 Å². The normalized spacial score (nSPS) is 27.4. The molecule has 1 fully saturated rings. The van der Waals surface area contributed by atoms with Gasteiger partial charge in [-0.3, -0.25) is 14.5 Å². The Labute approximate surface area is 102 Å². The van der Waals surface area contributed by atoms with Crippen LogP contribution in [0, 0.1) is 0 Å². The van der Waals surface area contributed by atoms with Gasteiger partial charge in [-0.2, -0.15) is 0 Å². The van der Waals surface area contributed by atoms with Crippen molar-refractivity contribution in [2.45, 2.75) is 51.7 Å². The third-order valence-electron chi connectivity index (χ3n) is 3.53. The number of carbonyl (C=O) groups is 2. The molecule has 98 valence electrons. The predicted molar refractivity (Wildman–Crippen MR) is 64.7 cm³/mol. The van der Waals surface area contributed by atoms with Crippen molar-refractivity contribution in [3.63, 3.8) is 0 Å². The Hall–Kier alpha value is -1.10. The smallest absolute Gasteiger partial charge is 0.305 e. The molecule has 5 heteroatoms. The topological polar surface area (TPSA) is 60.9 Å². The average molecular weight is 242 g/mol. The molecule has 0 spiro atoms. The largest absolute Gasteiger partial charge is 0.481 e. The molecule has 1 aliphatic rings. The fourth-order valence-electron chi connectivity index (χ4n) is 2.27. The van der Waals surface area contributed by atoms with Crippen LogP contribution in [0.5, 0.6) is 0 Å². The van der Waals surface area contributed by atoms with Gasteiger partial charge in [0.25, 0.3) is 0 Å². The summed E-state index contributed by atoms with van der Waals surface area (Å²) in [6.45, 7) is 6.77. The van der Waals surface area contributed by atoms with E-state index in [9.17, 15) is 9.59 Å². The summed E-state index contributed by atoms with van der Waals surface area (Å²) < 4.78 is 0. The Morgan fingerprint density at radius 3 is 2.59 bits per heavy atom. The number of rotatable bonds is 3. The molecule has 0 aromatic rings. The summed E-state index contributed by atoms with van der Waals surface area (Å²) in [5, 5.41) is 8.93. The molecule has 0 saturated carbocycles. The number of hydrogen-bond donors (Lipinski definition) is 1. The molecule has 1 aliphatic heterocycles. The van der Waals surface area contributed by atoms with Crippen LogP contribution in [0.3, 0.4) is 0 Å². The maximum Gasteiger partial charge on any atom is 0.305 e. The molecule has 2 unspecified atom stereocenters. The zero-order valence-electron chi connectivity index (χ0n) is 11.0. The van der Waals surface area contributed by atoms with Gasteiger partial charge in [0.2, 0.25) is 5.91 Å². The van der Waals surface area contributed by atoms with E-state index in [-0.39, 0.29) is 24.4 Å². The van der Waals surface area contributed by atoms with Crippen molar-refractivity contribution < 1.29 is 14.7 Å². The fraction of sp³-hybridized carbons (Fsp3) is 0.833. The highest BCUT2D eigenvalue weighted by molar-refractivity contribution is 5.86. The molecule has 1 rings (SSSR count). The number of aliphatic carboxylic acids is 1. The minimum Gasteiger partial charge on any atom is -0.481 e. The summed E-state index contributed by atoms with van der Waals surface area (Å²) in [5.74, 6) is -0.997. The standard InChI is InChI=1S/C12H22N2O3/c1-8(2)14-6-5-9(3)13(4)12(17)10(14)7-11(15)16/h8-10H,5-7H2,1-4H3,(H,15,16). The van der Waals surface area contributed by atoms with Crippen LogP contribution in [0.25, 0.3) is 0 Å². The Morgan fingerprint density at radius 1 is 1.53 bits per heavy atom. The highest BCUT2D eigenvalue weighted by atomic mass is 16.4. The maximum absolute atomic E-state index is 12.2. The first-order valence-corrected chi connectivity index (χ1v) is 6.08. The molecule has 1 heterocycles. The van der Waals surface area contributed by atoms with Crippen LogP contribution in [0.4, 0.5) is 0 Å². The van der Waals surface area contributed by atoms with Crippen LogP contribution in [0.2, 0.25) is 0 Å². The molecule has 1 amide bonds. The van der Waals surface area contributed by atoms with Gasteiger partial charge in [-0.25, -0.2) is 0 Å². The average Bonchev–Trinajstić information content (AvgIpc) is 2.32. The third kappa shape index (κ3) is 3.19. The van der Waals surface area contributed by atoms with E-state index in [1.54, 1.807) is 11.9 Å². The summed E-state index contributed by atoms with van der Waals surface area (Å²) in [5.41, 5.74) is 0. The number of likely N-dealkylation sites (N-methyl/N-ethyl adjacent to an activating group) is 1. The minimum absolute atomic E-state index is 0.0777. The van der Waals surface area contributed by atoms with Gasteiger partial charge < -0.3 is 10.0 Å². The van der Waals surface area contributed by atoms with Gasteiger partial charge >= 0.3 is 5.97 Å². The second-order valence-electron chi connectivity index (χ2n) is 5.03. The van der Waals surface area contributed by atoms with Crippen LogP contribution in [-0.2, 0) is 9.59 Å². The second kappa shape index (κ2) is 5.49. The van der Waals surface area contributed by atoms with E-state index in [0.29, 0.717) is 0 Å². The number of hydrogen-bond acceptors (Lipinski definition) is 3. The Kier molecular flexibility index (Phi) is 4.51. The van der Waals surface area contributed by atoms with Gasteiger partial charge in [0.15, 0.2) is 0 Å². The maximum atomic E-state index is 12.2. The van der Waals surface area contributed by atoms with Crippen LogP contribution in [0.15, 0.2) is 0 Å². The van der Waals surface area contributed by atoms with Gasteiger partial charge in [-0.05, 0) is 27.2 Å². The molecule has 5 nitrogen and oxygen atoms in total. The number of amides is 1. The molecule has 0 aliphatic carbocycles. The van der Waals surface area contributed by atoms with Crippen molar-refractivity contribution in [2.24, 2.45) is 0 Å². The second-order valence-corrected chi connectivity index (χ2v) is 5.03. The number of carboxylic acid groups (broad SMARTS) is 1. The SMILES string of the molecule is CC1CCN(C(C)C)C(CC(=O)O)C(=O)N1C. The van der Waals surface area contributed by atoms with Gasteiger partial charge in [0.1, 0.15) is 6.04 Å². The lowest BCUT2D eigenvalue weighted by molar-refractivity contribution is -0.145. The zero-order valence-corrected chi connectivity index (χ0v) is 11.0. The van der Waals surface area contributed by atoms with Crippen molar-refractivity contribution in [1.29, 1.82) is 0 Å². The highest BCUT2D eigenvalue weighted by Crippen LogP contribution is 2.19. The molecule has 0 aromatic carbocycles. The fourth-order valence-corrected chi connectivity index (χ4v) is 2.27. The monoisotopic (exact) mass is 242 g/mol. The molecular weight excluding hydrogens is 220 g/mol. The lowest BCUT2D eigenvalue weighted by atomic mass is 10.1. The van der Waals surface area contributed by atoms with Crippen molar-refractivity contribution >= 4 is 11.9 Å². The van der Waals surface area contributed by atoms with Crippen LogP contribution in [-0.4, -0.2) is 58.5 Å². The molecule has 17 heavy (non-hydrogen) atoms. The number of nitrogens with zero attached hydrogens (tertiary/aromatic N) is 2. The minimum atomic E-state index is -0.919. The van der Waals surface area contributed by atoms with Crippen molar-refractivity contribution in [3.05, 3.63) is 0 Å². The van der Waals surface area contributed by atoms with E-state index in [1.807, 2.05) is 25.7 Å². The van der Waals surface area contributed by atoms with Crippen LogP contribution >= 0.6 is 0 Å². The van der Waals surface area contributed by atoms with Crippen LogP contribution in [0.1, 0.15) is 33.6 Å². The van der Waals surface area contributed by atoms with E-state index in [0.717, 1.165) is 13.0 Å². The highest BCUT2D eigenvalue weighted by Gasteiger charge is 2.36. The van der Waals surface area contributed by atoms with Gasteiger partial charge in [-0.15, -0.1) is 0 Å². The summed E-state index contributed by atoms with van der Waals surface area (Å²) in [7, 11) is 1.76. The number of carboxylic acids is 1. The van der Waals surface area contributed by atoms with Crippen LogP contribution < -0.4 is 0 Å². The lowest BCUT2D eigenvalue weighted by Crippen LogP contribution is -2.49. The Bertz CT molecular complexity index is 304. The molecule has 2 atom stereocenters. The molecule has 0 bridgehead atoms. The molecule has 1 N–H and O–H groups in total. The van der Waals surface area contributed by atoms with E-state index in [2.05, 4.69) is 0 Å². The van der Waals surface area contributed by atoms with E-state index in [4.69, 9.17) is 5.11 Å². The summed E-state index contributed by atoms with van der Waals surface area (Å²) >= 11 is 0. The predicted octanol–water partition coefficient (Wildman–Crippen LogP) is 0.791. The van der Waals surface area contributed by atoms with Crippen molar-refractivity contribution in [3.8, 4) is 0 Å². The van der Waals surface area contributed by atoms with Gasteiger partial charge in [-0.1, -0.05) is 0 Å². The van der Waals surface area contributed by atoms with Crippen molar-refractivity contribution in [2.75, 3.05) is 13.6 Å². The molecule has 0 radical (unpaired) electrons. The van der Waals surface area contributed by atoms with E-state index >= 15 is 0 Å². The number of carbonyl (C=O) groups excluding carboxylic acids is 1. The lowest BCUT2D eigenvalue weighted by Gasteiger charge is -2.32. The molecule has 0 aromatic heterocycles. The van der Waals surface area contributed by atoms with Gasteiger partial charge in [0, 0.05) is 25.7 Å². The first kappa shape index (κ1) is 14.0. The quantitative estimate of drug-likeness (QED) is 0.795. The van der Waals surface area contributed by atoms with Crippen molar-refractivity contribution in [1.82, 2.24) is 9.80 Å². The summed E-state index contributed by atoms with van der Waals surface area (Å²) in [4.78, 5) is 26.8. The third-order valence-corrected chi connectivity index (χ3v) is 3.53. The molecule has 1 saturated heterocycles. The van der Waals surface area contributed by atoms with Gasteiger partial charge in [0.05, 0.1) is 6.42 Å². The zero-order chi connectivity index (χ0) is 13.2. The molecular formula is C12H22N2O3. The summed E-state index contributed by atoms with van der Waals surface area (Å²) in [6.07, 6.45) is 0.768. The first-order chi connectivity index (χ1) is 7.84. The Morgan fingerprint density at radius 2 is 2.12 bits per heavy atom. The first-order valence-electron chi connectivity index (χ1n) is 6.08. The van der Waals surface area contributed by atoms with E-state index in [1.165, 1.54) is 0 Å². The summed E-state index contributed by atoms with van der Waals surface area (Å²) in [6, 6.07) is -0.174. The Balaban J connectivity index is 2.95.